The molecule has 0 fully saturated rings. The maximum absolute atomic E-state index is 12.0. The molecule has 1 aromatic heterocycles. The summed E-state index contributed by atoms with van der Waals surface area (Å²) in [5.41, 5.74) is 7.54. The molecule has 2 aromatic rings. The van der Waals surface area contributed by atoms with Crippen LogP contribution in [0.1, 0.15) is 5.69 Å². The Kier molecular flexibility index (Phi) is 3.69. The number of aromatic nitrogens is 1. The van der Waals surface area contributed by atoms with Crippen LogP contribution in [0.15, 0.2) is 36.4 Å². The molecular formula is C13H12F3N3O. The van der Waals surface area contributed by atoms with Crippen molar-refractivity contribution in [2.75, 3.05) is 11.1 Å². The van der Waals surface area contributed by atoms with E-state index < -0.39 is 6.36 Å². The van der Waals surface area contributed by atoms with Gasteiger partial charge >= 0.3 is 6.36 Å². The third kappa shape index (κ3) is 3.78. The lowest BCUT2D eigenvalue weighted by Crippen LogP contribution is -2.17. The number of hydrogen-bond acceptors (Lipinski definition) is 4. The highest BCUT2D eigenvalue weighted by Crippen LogP contribution is 2.26. The summed E-state index contributed by atoms with van der Waals surface area (Å²) in [6, 6.07) is 8.78. The van der Waals surface area contributed by atoms with Crippen LogP contribution in [0.2, 0.25) is 0 Å². The summed E-state index contributed by atoms with van der Waals surface area (Å²) in [6.45, 7) is 1.81. The standard InChI is InChI=1S/C13H12F3N3O/c1-8-2-7-11(17)12(18-8)19-9-3-5-10(6-4-9)20-13(14,15)16/h2-7H,17H2,1H3,(H,18,19). The van der Waals surface area contributed by atoms with E-state index in [1.54, 1.807) is 12.1 Å². The van der Waals surface area contributed by atoms with E-state index in [1.807, 2.05) is 6.92 Å². The number of anilines is 3. The molecule has 4 nitrogen and oxygen atoms in total. The quantitative estimate of drug-likeness (QED) is 0.903. The Balaban J connectivity index is 2.13. The molecular weight excluding hydrogens is 271 g/mol. The van der Waals surface area contributed by atoms with Gasteiger partial charge in [-0.15, -0.1) is 13.2 Å². The van der Waals surface area contributed by atoms with Gasteiger partial charge in [0.15, 0.2) is 5.82 Å². The van der Waals surface area contributed by atoms with E-state index >= 15 is 0 Å². The molecule has 0 saturated heterocycles. The first-order chi connectivity index (χ1) is 9.33. The Hall–Kier alpha value is -2.44. The predicted molar refractivity (Wildman–Crippen MR) is 69.8 cm³/mol. The Morgan fingerprint density at radius 2 is 1.75 bits per heavy atom. The monoisotopic (exact) mass is 283 g/mol. The third-order valence-electron chi connectivity index (χ3n) is 2.42. The SMILES string of the molecule is Cc1ccc(N)c(Nc2ccc(OC(F)(F)F)cc2)n1. The van der Waals surface area contributed by atoms with Crippen molar-refractivity contribution in [3.8, 4) is 5.75 Å². The molecule has 3 N–H and O–H groups in total. The average Bonchev–Trinajstić information content (AvgIpc) is 2.34. The van der Waals surface area contributed by atoms with E-state index in [-0.39, 0.29) is 5.75 Å². The van der Waals surface area contributed by atoms with Gasteiger partial charge in [0.1, 0.15) is 5.75 Å². The minimum Gasteiger partial charge on any atom is -0.406 e. The zero-order chi connectivity index (χ0) is 14.8. The van der Waals surface area contributed by atoms with Crippen molar-refractivity contribution in [1.29, 1.82) is 0 Å². The van der Waals surface area contributed by atoms with Crippen molar-refractivity contribution < 1.29 is 17.9 Å². The maximum atomic E-state index is 12.0. The second-order valence-corrected chi connectivity index (χ2v) is 4.09. The summed E-state index contributed by atoms with van der Waals surface area (Å²) in [5, 5.41) is 2.93. The normalized spacial score (nSPS) is 11.2. The maximum Gasteiger partial charge on any atom is 0.573 e. The molecule has 106 valence electrons. The van der Waals surface area contributed by atoms with Crippen LogP contribution in [0.3, 0.4) is 0 Å². The summed E-state index contributed by atoms with van der Waals surface area (Å²) < 4.78 is 39.8. The Morgan fingerprint density at radius 1 is 1.10 bits per heavy atom. The Bertz CT molecular complexity index is 597. The zero-order valence-corrected chi connectivity index (χ0v) is 10.5. The van der Waals surface area contributed by atoms with Crippen LogP contribution >= 0.6 is 0 Å². The lowest BCUT2D eigenvalue weighted by molar-refractivity contribution is -0.274. The lowest BCUT2D eigenvalue weighted by Gasteiger charge is -2.11. The highest BCUT2D eigenvalue weighted by molar-refractivity contribution is 5.68. The van der Waals surface area contributed by atoms with Crippen LogP contribution in [-0.2, 0) is 0 Å². The number of rotatable bonds is 3. The molecule has 0 amide bonds. The molecule has 0 aliphatic heterocycles. The lowest BCUT2D eigenvalue weighted by atomic mass is 10.3. The van der Waals surface area contributed by atoms with Crippen molar-refractivity contribution >= 4 is 17.2 Å². The molecule has 1 heterocycles. The van der Waals surface area contributed by atoms with Crippen LogP contribution in [0, 0.1) is 6.92 Å². The summed E-state index contributed by atoms with van der Waals surface area (Å²) in [5.74, 6) is 0.169. The predicted octanol–water partition coefficient (Wildman–Crippen LogP) is 3.61. The fourth-order valence-electron chi connectivity index (χ4n) is 1.54. The highest BCUT2D eigenvalue weighted by atomic mass is 19.4. The van der Waals surface area contributed by atoms with Gasteiger partial charge in [-0.2, -0.15) is 0 Å². The highest BCUT2D eigenvalue weighted by Gasteiger charge is 2.30. The van der Waals surface area contributed by atoms with E-state index in [0.29, 0.717) is 17.2 Å². The number of nitrogens with one attached hydrogen (secondary N) is 1. The number of nitrogens with zero attached hydrogens (tertiary/aromatic N) is 1. The molecule has 0 aliphatic rings. The largest absolute Gasteiger partial charge is 0.573 e. The summed E-state index contributed by atoms with van der Waals surface area (Å²) >= 11 is 0. The molecule has 0 spiro atoms. The number of benzene rings is 1. The summed E-state index contributed by atoms with van der Waals surface area (Å²) in [4.78, 5) is 4.20. The van der Waals surface area contributed by atoms with Gasteiger partial charge < -0.3 is 15.8 Å². The smallest absolute Gasteiger partial charge is 0.406 e. The van der Waals surface area contributed by atoms with Crippen molar-refractivity contribution in [3.05, 3.63) is 42.1 Å². The first-order valence-corrected chi connectivity index (χ1v) is 5.69. The second kappa shape index (κ2) is 5.28. The van der Waals surface area contributed by atoms with E-state index in [0.717, 1.165) is 5.69 Å². The van der Waals surface area contributed by atoms with Gasteiger partial charge in [-0.1, -0.05) is 0 Å². The molecule has 0 radical (unpaired) electrons. The molecule has 1 aromatic carbocycles. The Morgan fingerprint density at radius 3 is 2.35 bits per heavy atom. The number of hydrogen-bond donors (Lipinski definition) is 2. The van der Waals surface area contributed by atoms with Crippen molar-refractivity contribution in [3.63, 3.8) is 0 Å². The van der Waals surface area contributed by atoms with Gasteiger partial charge in [0.25, 0.3) is 0 Å². The fourth-order valence-corrected chi connectivity index (χ4v) is 1.54. The Labute approximate surface area is 113 Å². The number of halogens is 3. The van der Waals surface area contributed by atoms with Crippen LogP contribution in [0.4, 0.5) is 30.4 Å². The molecule has 0 bridgehead atoms. The topological polar surface area (TPSA) is 60.2 Å². The van der Waals surface area contributed by atoms with Crippen LogP contribution in [0.25, 0.3) is 0 Å². The zero-order valence-electron chi connectivity index (χ0n) is 10.5. The van der Waals surface area contributed by atoms with Crippen molar-refractivity contribution in [2.24, 2.45) is 0 Å². The van der Waals surface area contributed by atoms with Gasteiger partial charge in [0.2, 0.25) is 0 Å². The van der Waals surface area contributed by atoms with E-state index in [9.17, 15) is 13.2 Å². The number of alkyl halides is 3. The second-order valence-electron chi connectivity index (χ2n) is 4.09. The molecule has 0 saturated carbocycles. The first-order valence-electron chi connectivity index (χ1n) is 5.69. The number of nitrogens with two attached hydrogens (primary N) is 1. The van der Waals surface area contributed by atoms with E-state index in [4.69, 9.17) is 5.73 Å². The van der Waals surface area contributed by atoms with Crippen molar-refractivity contribution in [1.82, 2.24) is 4.98 Å². The van der Waals surface area contributed by atoms with Gasteiger partial charge in [-0.3, -0.25) is 0 Å². The molecule has 20 heavy (non-hydrogen) atoms. The van der Waals surface area contributed by atoms with Gasteiger partial charge in [0, 0.05) is 11.4 Å². The summed E-state index contributed by atoms with van der Waals surface area (Å²) in [7, 11) is 0. The number of nitrogen functional groups attached to an aromatic ring is 1. The summed E-state index contributed by atoms with van der Waals surface area (Å²) in [6.07, 6.45) is -4.70. The molecule has 0 unspecified atom stereocenters. The van der Waals surface area contributed by atoms with E-state index in [1.165, 1.54) is 24.3 Å². The third-order valence-corrected chi connectivity index (χ3v) is 2.42. The van der Waals surface area contributed by atoms with Gasteiger partial charge in [0.05, 0.1) is 5.69 Å². The molecule has 7 heteroatoms. The minimum absolute atomic E-state index is 0.284. The number of pyridine rings is 1. The van der Waals surface area contributed by atoms with Crippen LogP contribution < -0.4 is 15.8 Å². The van der Waals surface area contributed by atoms with Gasteiger partial charge in [-0.05, 0) is 43.3 Å². The first kappa shape index (κ1) is 14.0. The minimum atomic E-state index is -4.70. The molecule has 2 rings (SSSR count). The number of aryl methyl sites for hydroxylation is 1. The molecule has 0 atom stereocenters. The molecule has 0 aliphatic carbocycles. The van der Waals surface area contributed by atoms with Gasteiger partial charge in [-0.25, -0.2) is 4.98 Å². The average molecular weight is 283 g/mol. The van der Waals surface area contributed by atoms with Crippen LogP contribution in [0.5, 0.6) is 5.75 Å². The van der Waals surface area contributed by atoms with Crippen molar-refractivity contribution in [2.45, 2.75) is 13.3 Å². The number of ether oxygens (including phenoxy) is 1. The fraction of sp³-hybridized carbons (Fsp3) is 0.154. The van der Waals surface area contributed by atoms with Crippen LogP contribution in [-0.4, -0.2) is 11.3 Å². The van der Waals surface area contributed by atoms with E-state index in [2.05, 4.69) is 15.0 Å².